The first-order valence-electron chi connectivity index (χ1n) is 10.5. The SMILES string of the molecule is COc1ccc(CN2C(=O)c3ccccc3C2=O)cc1C(=O)N(C)C(C)c1ccc(F)cc1. The quantitative estimate of drug-likeness (QED) is 0.524. The third-order valence-corrected chi connectivity index (χ3v) is 5.97. The van der Waals surface area contributed by atoms with Crippen molar-refractivity contribution >= 4 is 17.7 Å². The van der Waals surface area contributed by atoms with Gasteiger partial charge in [-0.05, 0) is 54.4 Å². The molecule has 33 heavy (non-hydrogen) atoms. The zero-order valence-corrected chi connectivity index (χ0v) is 18.5. The molecule has 3 amide bonds. The van der Waals surface area contributed by atoms with Gasteiger partial charge in [0.1, 0.15) is 11.6 Å². The lowest BCUT2D eigenvalue weighted by atomic mass is 10.0. The number of hydrogen-bond acceptors (Lipinski definition) is 4. The molecule has 0 fully saturated rings. The topological polar surface area (TPSA) is 66.9 Å². The molecule has 6 nitrogen and oxygen atoms in total. The van der Waals surface area contributed by atoms with Gasteiger partial charge in [0.25, 0.3) is 17.7 Å². The molecule has 3 aromatic carbocycles. The van der Waals surface area contributed by atoms with E-state index in [0.717, 1.165) is 5.56 Å². The van der Waals surface area contributed by atoms with Crippen LogP contribution in [0.25, 0.3) is 0 Å². The van der Waals surface area contributed by atoms with Crippen molar-refractivity contribution in [2.45, 2.75) is 19.5 Å². The maximum atomic E-state index is 13.3. The summed E-state index contributed by atoms with van der Waals surface area (Å²) in [5.74, 6) is -0.984. The molecule has 1 aliphatic rings. The van der Waals surface area contributed by atoms with Crippen LogP contribution in [0, 0.1) is 5.82 Å². The number of rotatable bonds is 6. The zero-order chi connectivity index (χ0) is 23.7. The molecule has 1 aliphatic heterocycles. The molecule has 0 spiro atoms. The maximum Gasteiger partial charge on any atom is 0.261 e. The largest absolute Gasteiger partial charge is 0.496 e. The van der Waals surface area contributed by atoms with Crippen molar-refractivity contribution in [1.29, 1.82) is 0 Å². The number of methoxy groups -OCH3 is 1. The minimum atomic E-state index is -0.360. The van der Waals surface area contributed by atoms with Crippen LogP contribution >= 0.6 is 0 Å². The Kier molecular flexibility index (Phi) is 5.96. The van der Waals surface area contributed by atoms with Crippen LogP contribution in [0.15, 0.2) is 66.7 Å². The molecule has 0 saturated carbocycles. The van der Waals surface area contributed by atoms with E-state index in [1.807, 2.05) is 6.92 Å². The Morgan fingerprint density at radius 3 is 2.18 bits per heavy atom. The summed E-state index contributed by atoms with van der Waals surface area (Å²) >= 11 is 0. The molecule has 4 rings (SSSR count). The van der Waals surface area contributed by atoms with Crippen LogP contribution < -0.4 is 4.74 Å². The summed E-state index contributed by atoms with van der Waals surface area (Å²) in [7, 11) is 3.13. The average molecular weight is 446 g/mol. The van der Waals surface area contributed by atoms with E-state index in [4.69, 9.17) is 4.74 Å². The molecule has 0 bridgehead atoms. The number of carbonyl (C=O) groups is 3. The molecular weight excluding hydrogens is 423 g/mol. The number of imide groups is 1. The minimum absolute atomic E-state index is 0.0356. The van der Waals surface area contributed by atoms with Crippen LogP contribution in [0.3, 0.4) is 0 Å². The van der Waals surface area contributed by atoms with Crippen LogP contribution in [0.2, 0.25) is 0 Å². The summed E-state index contributed by atoms with van der Waals surface area (Å²) in [6.45, 7) is 1.88. The second-order valence-electron chi connectivity index (χ2n) is 7.92. The molecule has 168 valence electrons. The van der Waals surface area contributed by atoms with E-state index in [9.17, 15) is 18.8 Å². The number of ether oxygens (including phenoxy) is 1. The Bertz CT molecular complexity index is 1200. The van der Waals surface area contributed by atoms with Crippen molar-refractivity contribution in [3.05, 3.63) is 100 Å². The van der Waals surface area contributed by atoms with E-state index in [-0.39, 0.29) is 36.1 Å². The lowest BCUT2D eigenvalue weighted by Crippen LogP contribution is -2.31. The van der Waals surface area contributed by atoms with Crippen molar-refractivity contribution in [3.8, 4) is 5.75 Å². The van der Waals surface area contributed by atoms with E-state index in [0.29, 0.717) is 28.0 Å². The van der Waals surface area contributed by atoms with Crippen molar-refractivity contribution in [2.75, 3.05) is 14.2 Å². The number of nitrogens with zero attached hydrogens (tertiary/aromatic N) is 2. The van der Waals surface area contributed by atoms with Crippen molar-refractivity contribution in [1.82, 2.24) is 9.80 Å². The van der Waals surface area contributed by atoms with Gasteiger partial charge in [-0.1, -0.05) is 30.3 Å². The van der Waals surface area contributed by atoms with Gasteiger partial charge in [0, 0.05) is 7.05 Å². The predicted molar refractivity (Wildman–Crippen MR) is 121 cm³/mol. The molecule has 0 saturated heterocycles. The molecule has 0 N–H and O–H groups in total. The van der Waals surface area contributed by atoms with Crippen molar-refractivity contribution in [3.63, 3.8) is 0 Å². The fourth-order valence-electron chi connectivity index (χ4n) is 3.92. The van der Waals surface area contributed by atoms with E-state index >= 15 is 0 Å². The van der Waals surface area contributed by atoms with Gasteiger partial charge in [-0.3, -0.25) is 19.3 Å². The number of benzene rings is 3. The summed E-state index contributed by atoms with van der Waals surface area (Å²) in [4.78, 5) is 41.5. The normalized spacial score (nSPS) is 13.6. The molecule has 3 aromatic rings. The first-order valence-corrected chi connectivity index (χ1v) is 10.5. The fraction of sp³-hybridized carbons (Fsp3) is 0.192. The monoisotopic (exact) mass is 446 g/mol. The van der Waals surface area contributed by atoms with Crippen molar-refractivity contribution < 1.29 is 23.5 Å². The number of amides is 3. The smallest absolute Gasteiger partial charge is 0.261 e. The van der Waals surface area contributed by atoms with Gasteiger partial charge >= 0.3 is 0 Å². The predicted octanol–water partition coefficient (Wildman–Crippen LogP) is 4.46. The second kappa shape index (κ2) is 8.86. The molecule has 1 heterocycles. The highest BCUT2D eigenvalue weighted by atomic mass is 19.1. The third kappa shape index (κ3) is 4.09. The highest BCUT2D eigenvalue weighted by Gasteiger charge is 2.35. The fourth-order valence-corrected chi connectivity index (χ4v) is 3.92. The Morgan fingerprint density at radius 1 is 1.00 bits per heavy atom. The van der Waals surface area contributed by atoms with Crippen LogP contribution in [-0.2, 0) is 6.54 Å². The lowest BCUT2D eigenvalue weighted by molar-refractivity contribution is 0.0642. The van der Waals surface area contributed by atoms with E-state index in [1.54, 1.807) is 61.6 Å². The lowest BCUT2D eigenvalue weighted by Gasteiger charge is -2.26. The summed E-state index contributed by atoms with van der Waals surface area (Å²) in [5.41, 5.74) is 2.47. The minimum Gasteiger partial charge on any atom is -0.496 e. The number of carbonyl (C=O) groups excluding carboxylic acids is 3. The first kappa shape index (κ1) is 22.2. The molecule has 0 aromatic heterocycles. The second-order valence-corrected chi connectivity index (χ2v) is 7.92. The first-order chi connectivity index (χ1) is 15.8. The Balaban J connectivity index is 1.59. The van der Waals surface area contributed by atoms with Crippen LogP contribution in [0.4, 0.5) is 4.39 Å². The van der Waals surface area contributed by atoms with Crippen LogP contribution in [0.5, 0.6) is 5.75 Å². The summed E-state index contributed by atoms with van der Waals surface area (Å²) in [6, 6.07) is 17.4. The molecule has 0 radical (unpaired) electrons. The standard InChI is InChI=1S/C26H23FN2O4/c1-16(18-9-11-19(27)12-10-18)28(2)24(30)22-14-17(8-13-23(22)33-3)15-29-25(31)20-6-4-5-7-21(20)26(29)32/h4-14,16H,15H2,1-3H3. The highest BCUT2D eigenvalue weighted by Crippen LogP contribution is 2.29. The molecular formula is C26H23FN2O4. The zero-order valence-electron chi connectivity index (χ0n) is 18.5. The van der Waals surface area contributed by atoms with E-state index < -0.39 is 0 Å². The number of fused-ring (bicyclic) bond motifs is 1. The van der Waals surface area contributed by atoms with Gasteiger partial charge in [0.2, 0.25) is 0 Å². The van der Waals surface area contributed by atoms with Gasteiger partial charge in [0.05, 0.1) is 36.4 Å². The number of hydrogen-bond donors (Lipinski definition) is 0. The highest BCUT2D eigenvalue weighted by molar-refractivity contribution is 6.21. The van der Waals surface area contributed by atoms with Crippen LogP contribution in [0.1, 0.15) is 55.2 Å². The Morgan fingerprint density at radius 2 is 1.61 bits per heavy atom. The molecule has 1 atom stereocenters. The van der Waals surface area contributed by atoms with Crippen LogP contribution in [-0.4, -0.2) is 41.7 Å². The Hall–Kier alpha value is -4.00. The summed E-state index contributed by atoms with van der Waals surface area (Å²) < 4.78 is 18.7. The Labute approximate surface area is 191 Å². The number of halogens is 1. The van der Waals surface area contributed by atoms with Gasteiger partial charge in [-0.2, -0.15) is 0 Å². The van der Waals surface area contributed by atoms with Crippen molar-refractivity contribution in [2.24, 2.45) is 0 Å². The molecule has 7 heteroatoms. The van der Waals surface area contributed by atoms with Gasteiger partial charge < -0.3 is 9.64 Å². The molecule has 1 unspecified atom stereocenters. The summed E-state index contributed by atoms with van der Waals surface area (Å²) in [5, 5.41) is 0. The van der Waals surface area contributed by atoms with Gasteiger partial charge in [0.15, 0.2) is 0 Å². The van der Waals surface area contributed by atoms with Gasteiger partial charge in [-0.25, -0.2) is 4.39 Å². The van der Waals surface area contributed by atoms with Gasteiger partial charge in [-0.15, -0.1) is 0 Å². The summed E-state index contributed by atoms with van der Waals surface area (Å²) in [6.07, 6.45) is 0. The third-order valence-electron chi connectivity index (χ3n) is 5.97. The molecule has 0 aliphatic carbocycles. The average Bonchev–Trinajstić information content (AvgIpc) is 3.08. The van der Waals surface area contributed by atoms with E-state index in [2.05, 4.69) is 0 Å². The van der Waals surface area contributed by atoms with E-state index in [1.165, 1.54) is 29.0 Å². The maximum absolute atomic E-state index is 13.3.